The molecular formula is C25H22FNO4. The van der Waals surface area contributed by atoms with Gasteiger partial charge in [-0.3, -0.25) is 14.4 Å². The summed E-state index contributed by atoms with van der Waals surface area (Å²) in [4.78, 5) is 35.9. The molecule has 0 saturated carbocycles. The summed E-state index contributed by atoms with van der Waals surface area (Å²) in [5, 5.41) is 2.44. The maximum absolute atomic E-state index is 14.2. The topological polar surface area (TPSA) is 72.5 Å². The largest absolute Gasteiger partial charge is 0.457 e. The molecule has 0 radical (unpaired) electrons. The fraction of sp³-hybridized carbons (Fsp3) is 0.160. The summed E-state index contributed by atoms with van der Waals surface area (Å²) in [5.74, 6) is -2.58. The van der Waals surface area contributed by atoms with Crippen LogP contribution in [0.15, 0.2) is 78.9 Å². The van der Waals surface area contributed by atoms with Crippen molar-refractivity contribution in [3.8, 4) is 0 Å². The number of carbonyl (C=O) groups excluding carboxylic acids is 3. The minimum atomic E-state index is -0.793. The minimum Gasteiger partial charge on any atom is -0.457 e. The van der Waals surface area contributed by atoms with Gasteiger partial charge in [-0.05, 0) is 29.3 Å². The van der Waals surface area contributed by atoms with E-state index in [2.05, 4.69) is 5.32 Å². The van der Waals surface area contributed by atoms with E-state index < -0.39 is 24.2 Å². The number of ether oxygens (including phenoxy) is 1. The van der Waals surface area contributed by atoms with Crippen molar-refractivity contribution in [3.05, 3.63) is 101 Å². The van der Waals surface area contributed by atoms with E-state index in [0.29, 0.717) is 0 Å². The van der Waals surface area contributed by atoms with Crippen molar-refractivity contribution in [1.29, 1.82) is 0 Å². The monoisotopic (exact) mass is 419 g/mol. The highest BCUT2D eigenvalue weighted by molar-refractivity contribution is 5.99. The Morgan fingerprint density at radius 1 is 0.903 bits per heavy atom. The Hall–Kier alpha value is -3.80. The molecule has 0 aliphatic heterocycles. The third kappa shape index (κ3) is 6.09. The van der Waals surface area contributed by atoms with E-state index in [1.54, 1.807) is 0 Å². The lowest BCUT2D eigenvalue weighted by atomic mass is 9.89. The Bertz CT molecular complexity index is 1030. The van der Waals surface area contributed by atoms with Crippen molar-refractivity contribution in [3.63, 3.8) is 0 Å². The lowest BCUT2D eigenvalue weighted by Crippen LogP contribution is -2.18. The van der Waals surface area contributed by atoms with E-state index in [1.807, 2.05) is 60.7 Å². The van der Waals surface area contributed by atoms with Crippen LogP contribution in [0.5, 0.6) is 0 Å². The number of halogens is 1. The molecule has 3 aromatic carbocycles. The van der Waals surface area contributed by atoms with Gasteiger partial charge >= 0.3 is 5.97 Å². The van der Waals surface area contributed by atoms with Gasteiger partial charge in [-0.2, -0.15) is 0 Å². The van der Waals surface area contributed by atoms with Crippen molar-refractivity contribution < 1.29 is 23.5 Å². The second kappa shape index (κ2) is 10.3. The van der Waals surface area contributed by atoms with Crippen LogP contribution in [0.2, 0.25) is 0 Å². The molecule has 3 aromatic rings. The first-order valence-electron chi connectivity index (χ1n) is 9.80. The van der Waals surface area contributed by atoms with Gasteiger partial charge in [0.25, 0.3) is 0 Å². The van der Waals surface area contributed by atoms with Crippen molar-refractivity contribution in [2.45, 2.75) is 19.3 Å². The molecule has 0 unspecified atom stereocenters. The molecular weight excluding hydrogens is 397 g/mol. The van der Waals surface area contributed by atoms with Gasteiger partial charge in [-0.15, -0.1) is 0 Å². The zero-order chi connectivity index (χ0) is 22.2. The number of carbonyl (C=O) groups is 3. The molecule has 0 aliphatic carbocycles. The molecule has 0 heterocycles. The predicted octanol–water partition coefficient (Wildman–Crippen LogP) is 4.73. The number of nitrogens with one attached hydrogen (secondary N) is 1. The third-order valence-corrected chi connectivity index (χ3v) is 4.73. The highest BCUT2D eigenvalue weighted by atomic mass is 19.1. The van der Waals surface area contributed by atoms with Crippen LogP contribution in [0.3, 0.4) is 0 Å². The van der Waals surface area contributed by atoms with Crippen molar-refractivity contribution in [1.82, 2.24) is 0 Å². The molecule has 0 spiro atoms. The quantitative estimate of drug-likeness (QED) is 0.423. The predicted molar refractivity (Wildman–Crippen MR) is 115 cm³/mol. The van der Waals surface area contributed by atoms with Crippen molar-refractivity contribution in [2.75, 3.05) is 11.9 Å². The number of hydrogen-bond donors (Lipinski definition) is 1. The zero-order valence-electron chi connectivity index (χ0n) is 17.0. The Balaban J connectivity index is 1.65. The number of anilines is 1. The van der Waals surface area contributed by atoms with E-state index >= 15 is 0 Å². The Morgan fingerprint density at radius 3 is 2.00 bits per heavy atom. The van der Waals surface area contributed by atoms with Crippen LogP contribution in [0.25, 0.3) is 0 Å². The van der Waals surface area contributed by atoms with Gasteiger partial charge in [0.2, 0.25) is 11.7 Å². The lowest BCUT2D eigenvalue weighted by Gasteiger charge is -2.17. The Morgan fingerprint density at radius 2 is 1.48 bits per heavy atom. The Kier molecular flexibility index (Phi) is 7.27. The van der Waals surface area contributed by atoms with Gasteiger partial charge in [-0.25, -0.2) is 4.39 Å². The maximum atomic E-state index is 14.2. The van der Waals surface area contributed by atoms with Gasteiger partial charge in [0.05, 0.1) is 12.0 Å². The summed E-state index contributed by atoms with van der Waals surface area (Å²) < 4.78 is 19.4. The highest BCUT2D eigenvalue weighted by Crippen LogP contribution is 2.28. The van der Waals surface area contributed by atoms with Crippen molar-refractivity contribution in [2.24, 2.45) is 0 Å². The summed E-state index contributed by atoms with van der Waals surface area (Å²) in [6.07, 6.45) is 0.0469. The first-order valence-corrected chi connectivity index (χ1v) is 9.80. The molecule has 31 heavy (non-hydrogen) atoms. The second-order valence-electron chi connectivity index (χ2n) is 7.04. The number of Topliss-reactive ketones (excluding diaryl/α,β-unsaturated/α-hetero) is 1. The first kappa shape index (κ1) is 21.9. The number of rotatable bonds is 8. The Labute approximate surface area is 179 Å². The molecule has 1 N–H and O–H groups in total. The number of ketones is 1. The average Bonchev–Trinajstić information content (AvgIpc) is 2.76. The van der Waals surface area contributed by atoms with Crippen LogP contribution in [0, 0.1) is 5.82 Å². The van der Waals surface area contributed by atoms with Gasteiger partial charge in [0.15, 0.2) is 6.61 Å². The average molecular weight is 419 g/mol. The number of hydrogen-bond acceptors (Lipinski definition) is 4. The van der Waals surface area contributed by atoms with E-state index in [0.717, 1.165) is 17.2 Å². The molecule has 6 heteroatoms. The van der Waals surface area contributed by atoms with Gasteiger partial charge in [-0.1, -0.05) is 60.7 Å². The van der Waals surface area contributed by atoms with E-state index in [-0.39, 0.29) is 29.5 Å². The molecule has 3 rings (SSSR count). The molecule has 0 atom stereocenters. The van der Waals surface area contributed by atoms with E-state index in [9.17, 15) is 18.8 Å². The van der Waals surface area contributed by atoms with Crippen LogP contribution in [-0.4, -0.2) is 24.3 Å². The standard InChI is InChI=1S/C25H22FNO4/c1-17(28)27-20-12-13-21(23(26)14-20)24(29)16-31-25(30)15-22(18-8-4-2-5-9-18)19-10-6-3-7-11-19/h2-14,22H,15-16H2,1H3,(H,27,28). The van der Waals surface area contributed by atoms with E-state index in [1.165, 1.54) is 19.1 Å². The molecule has 0 aliphatic rings. The molecule has 158 valence electrons. The summed E-state index contributed by atoms with van der Waals surface area (Å²) in [6, 6.07) is 22.8. The number of benzene rings is 3. The fourth-order valence-corrected chi connectivity index (χ4v) is 3.27. The van der Waals surface area contributed by atoms with Crippen LogP contribution in [-0.2, 0) is 14.3 Å². The van der Waals surface area contributed by atoms with Crippen LogP contribution in [0.1, 0.15) is 40.7 Å². The third-order valence-electron chi connectivity index (χ3n) is 4.73. The van der Waals surface area contributed by atoms with E-state index in [4.69, 9.17) is 4.74 Å². The first-order chi connectivity index (χ1) is 14.9. The molecule has 0 fully saturated rings. The van der Waals surface area contributed by atoms with Gasteiger partial charge < -0.3 is 10.1 Å². The SMILES string of the molecule is CC(=O)Nc1ccc(C(=O)COC(=O)CC(c2ccccc2)c2ccccc2)c(F)c1. The van der Waals surface area contributed by atoms with Crippen LogP contribution >= 0.6 is 0 Å². The second-order valence-corrected chi connectivity index (χ2v) is 7.04. The lowest BCUT2D eigenvalue weighted by molar-refractivity contribution is -0.142. The molecule has 5 nitrogen and oxygen atoms in total. The van der Waals surface area contributed by atoms with Crippen molar-refractivity contribution >= 4 is 23.3 Å². The summed E-state index contributed by atoms with van der Waals surface area (Å²) >= 11 is 0. The maximum Gasteiger partial charge on any atom is 0.307 e. The molecule has 0 saturated heterocycles. The fourth-order valence-electron chi connectivity index (χ4n) is 3.27. The molecule has 0 bridgehead atoms. The summed E-state index contributed by atoms with van der Waals surface area (Å²) in [6.45, 7) is 0.736. The highest BCUT2D eigenvalue weighted by Gasteiger charge is 2.21. The summed E-state index contributed by atoms with van der Waals surface area (Å²) in [7, 11) is 0. The number of esters is 1. The van der Waals surface area contributed by atoms with Crippen LogP contribution < -0.4 is 5.32 Å². The smallest absolute Gasteiger partial charge is 0.307 e. The molecule has 1 amide bonds. The van der Waals surface area contributed by atoms with Gasteiger partial charge in [0, 0.05) is 18.5 Å². The minimum absolute atomic E-state index is 0.0469. The molecule has 0 aromatic heterocycles. The zero-order valence-corrected chi connectivity index (χ0v) is 17.0. The summed E-state index contributed by atoms with van der Waals surface area (Å²) in [5.41, 5.74) is 1.95. The van der Waals surface area contributed by atoms with Crippen LogP contribution in [0.4, 0.5) is 10.1 Å². The normalized spacial score (nSPS) is 10.5. The van der Waals surface area contributed by atoms with Gasteiger partial charge in [0.1, 0.15) is 5.82 Å². The number of amides is 1.